The summed E-state index contributed by atoms with van der Waals surface area (Å²) in [7, 11) is 0. The van der Waals surface area contributed by atoms with Gasteiger partial charge in [0.05, 0.1) is 24.4 Å². The number of ketones is 1. The molecule has 0 aliphatic heterocycles. The summed E-state index contributed by atoms with van der Waals surface area (Å²) in [6.07, 6.45) is 1.51. The molecule has 1 N–H and O–H groups in total. The van der Waals surface area contributed by atoms with Crippen molar-refractivity contribution in [3.05, 3.63) is 17.0 Å². The molecule has 1 aromatic heterocycles. The first-order chi connectivity index (χ1) is 9.25. The van der Waals surface area contributed by atoms with Gasteiger partial charge >= 0.3 is 0 Å². The first-order valence-corrected chi connectivity index (χ1v) is 7.50. The first kappa shape index (κ1) is 15.2. The molecule has 0 saturated carbocycles. The van der Waals surface area contributed by atoms with Gasteiger partial charge in [0.15, 0.2) is 5.78 Å². The molecule has 1 unspecified atom stereocenters. The van der Waals surface area contributed by atoms with Crippen molar-refractivity contribution < 1.29 is 9.90 Å². The van der Waals surface area contributed by atoms with Crippen LogP contribution in [0.2, 0.25) is 0 Å². The molecule has 0 spiro atoms. The minimum Gasteiger partial charge on any atom is -0.394 e. The topological polar surface area (TPSA) is 55.1 Å². The fraction of sp³-hybridized carbons (Fsp3) is 0.750. The van der Waals surface area contributed by atoms with Crippen LogP contribution in [0.15, 0.2) is 0 Å². The minimum absolute atomic E-state index is 0.0538. The van der Waals surface area contributed by atoms with Gasteiger partial charge in [0.2, 0.25) is 0 Å². The zero-order chi connectivity index (χ0) is 15.1. The predicted octanol–water partition coefficient (Wildman–Crippen LogP) is 2.57. The lowest BCUT2D eigenvalue weighted by molar-refractivity contribution is 0.0929. The number of aromatic nitrogens is 2. The van der Waals surface area contributed by atoms with E-state index in [1.54, 1.807) is 0 Å². The second-order valence-electron chi connectivity index (χ2n) is 7.20. The number of aliphatic hydroxyl groups is 1. The Labute approximate surface area is 121 Å². The molecule has 0 amide bonds. The molecular formula is C16H26N2O2. The maximum atomic E-state index is 12.6. The van der Waals surface area contributed by atoms with Crippen molar-refractivity contribution in [2.75, 3.05) is 6.61 Å². The van der Waals surface area contributed by atoms with Gasteiger partial charge in [-0.1, -0.05) is 34.6 Å². The first-order valence-electron chi connectivity index (χ1n) is 7.50. The number of Topliss-reactive ketones (excluding diaryl/α,β-unsaturated/α-hetero) is 1. The van der Waals surface area contributed by atoms with E-state index < -0.39 is 0 Å². The summed E-state index contributed by atoms with van der Waals surface area (Å²) in [4.78, 5) is 12.6. The maximum Gasteiger partial charge on any atom is 0.166 e. The fourth-order valence-corrected chi connectivity index (χ4v) is 2.93. The smallest absolute Gasteiger partial charge is 0.166 e. The Morgan fingerprint density at radius 2 is 2.00 bits per heavy atom. The number of rotatable bonds is 3. The lowest BCUT2D eigenvalue weighted by Gasteiger charge is -2.26. The quantitative estimate of drug-likeness (QED) is 0.924. The Morgan fingerprint density at radius 1 is 1.35 bits per heavy atom. The van der Waals surface area contributed by atoms with Gasteiger partial charge < -0.3 is 5.11 Å². The van der Waals surface area contributed by atoms with Crippen LogP contribution in [0, 0.1) is 11.8 Å². The highest BCUT2D eigenvalue weighted by atomic mass is 16.3. The van der Waals surface area contributed by atoms with Crippen molar-refractivity contribution in [1.82, 2.24) is 9.78 Å². The molecule has 20 heavy (non-hydrogen) atoms. The molecule has 112 valence electrons. The van der Waals surface area contributed by atoms with E-state index in [0.29, 0.717) is 24.8 Å². The van der Waals surface area contributed by atoms with E-state index in [9.17, 15) is 9.90 Å². The van der Waals surface area contributed by atoms with E-state index in [1.165, 1.54) is 0 Å². The zero-order valence-electron chi connectivity index (χ0n) is 13.2. The summed E-state index contributed by atoms with van der Waals surface area (Å²) < 4.78 is 1.85. The van der Waals surface area contributed by atoms with Crippen molar-refractivity contribution in [2.24, 2.45) is 11.8 Å². The van der Waals surface area contributed by atoms with Gasteiger partial charge in [-0.05, 0) is 18.3 Å². The standard InChI is InChI=1S/C16H26N2O2/c1-10(2)11-8-12-14(13(20)9-11)15(16(3,4)5)17-18(12)6-7-19/h10-11,19H,6-9H2,1-5H3. The third-order valence-electron chi connectivity index (χ3n) is 4.20. The second-order valence-corrected chi connectivity index (χ2v) is 7.20. The Hall–Kier alpha value is -1.16. The normalized spacial score (nSPS) is 19.6. The predicted molar refractivity (Wildman–Crippen MR) is 79.0 cm³/mol. The van der Waals surface area contributed by atoms with E-state index in [0.717, 1.165) is 23.4 Å². The van der Waals surface area contributed by atoms with Gasteiger partial charge in [0.25, 0.3) is 0 Å². The van der Waals surface area contributed by atoms with Crippen LogP contribution in [0.25, 0.3) is 0 Å². The monoisotopic (exact) mass is 278 g/mol. The van der Waals surface area contributed by atoms with Gasteiger partial charge in [0, 0.05) is 17.5 Å². The molecule has 0 saturated heterocycles. The Kier molecular flexibility index (Phi) is 4.05. The van der Waals surface area contributed by atoms with E-state index in [-0.39, 0.29) is 17.8 Å². The summed E-state index contributed by atoms with van der Waals surface area (Å²) in [6.45, 7) is 11.1. The summed E-state index contributed by atoms with van der Waals surface area (Å²) >= 11 is 0. The number of fused-ring (bicyclic) bond motifs is 1. The van der Waals surface area contributed by atoms with Crippen molar-refractivity contribution in [1.29, 1.82) is 0 Å². The van der Waals surface area contributed by atoms with Crippen LogP contribution in [0.4, 0.5) is 0 Å². The maximum absolute atomic E-state index is 12.6. The van der Waals surface area contributed by atoms with Crippen LogP contribution < -0.4 is 0 Å². The summed E-state index contributed by atoms with van der Waals surface area (Å²) in [5.41, 5.74) is 2.58. The molecule has 4 heteroatoms. The number of hydrogen-bond acceptors (Lipinski definition) is 3. The molecule has 1 aromatic rings. The van der Waals surface area contributed by atoms with Crippen LogP contribution in [0.3, 0.4) is 0 Å². The van der Waals surface area contributed by atoms with Gasteiger partial charge in [-0.15, -0.1) is 0 Å². The zero-order valence-corrected chi connectivity index (χ0v) is 13.2. The van der Waals surface area contributed by atoms with E-state index in [2.05, 4.69) is 39.7 Å². The summed E-state index contributed by atoms with van der Waals surface area (Å²) in [6, 6.07) is 0. The highest BCUT2D eigenvalue weighted by Crippen LogP contribution is 2.36. The van der Waals surface area contributed by atoms with E-state index in [4.69, 9.17) is 0 Å². The highest BCUT2D eigenvalue weighted by molar-refractivity contribution is 5.99. The molecule has 1 atom stereocenters. The number of carbonyl (C=O) groups is 1. The third kappa shape index (κ3) is 2.66. The molecule has 1 aliphatic carbocycles. The van der Waals surface area contributed by atoms with Gasteiger partial charge in [-0.2, -0.15) is 5.10 Å². The Bertz CT molecular complexity index is 509. The Balaban J connectivity index is 2.53. The van der Waals surface area contributed by atoms with Gasteiger partial charge in [-0.25, -0.2) is 0 Å². The van der Waals surface area contributed by atoms with Crippen LogP contribution in [0.1, 0.15) is 62.8 Å². The highest BCUT2D eigenvalue weighted by Gasteiger charge is 2.36. The molecule has 0 fully saturated rings. The lowest BCUT2D eigenvalue weighted by atomic mass is 9.77. The summed E-state index contributed by atoms with van der Waals surface area (Å²) in [5, 5.41) is 13.9. The molecular weight excluding hydrogens is 252 g/mol. The van der Waals surface area contributed by atoms with Crippen LogP contribution in [-0.2, 0) is 18.4 Å². The van der Waals surface area contributed by atoms with Gasteiger partial charge in [0.1, 0.15) is 0 Å². The molecule has 0 aromatic carbocycles. The van der Waals surface area contributed by atoms with E-state index in [1.807, 2.05) is 4.68 Å². The minimum atomic E-state index is -0.148. The lowest BCUT2D eigenvalue weighted by Crippen LogP contribution is -2.27. The van der Waals surface area contributed by atoms with Crippen LogP contribution in [-0.4, -0.2) is 27.3 Å². The Morgan fingerprint density at radius 3 is 2.50 bits per heavy atom. The molecule has 4 nitrogen and oxygen atoms in total. The summed E-state index contributed by atoms with van der Waals surface area (Å²) in [5.74, 6) is 1.10. The third-order valence-corrected chi connectivity index (χ3v) is 4.20. The van der Waals surface area contributed by atoms with E-state index >= 15 is 0 Å². The molecule has 0 bridgehead atoms. The average Bonchev–Trinajstić information content (AvgIpc) is 2.69. The van der Waals surface area contributed by atoms with Crippen molar-refractivity contribution >= 4 is 5.78 Å². The van der Waals surface area contributed by atoms with Crippen molar-refractivity contribution in [3.8, 4) is 0 Å². The number of hydrogen-bond donors (Lipinski definition) is 1. The molecule has 0 radical (unpaired) electrons. The number of carbonyl (C=O) groups excluding carboxylic acids is 1. The molecule has 2 rings (SSSR count). The average molecular weight is 278 g/mol. The van der Waals surface area contributed by atoms with Crippen LogP contribution >= 0.6 is 0 Å². The number of nitrogens with zero attached hydrogens (tertiary/aromatic N) is 2. The van der Waals surface area contributed by atoms with Gasteiger partial charge in [-0.3, -0.25) is 9.48 Å². The number of aliphatic hydroxyl groups excluding tert-OH is 1. The van der Waals surface area contributed by atoms with Crippen LogP contribution in [0.5, 0.6) is 0 Å². The van der Waals surface area contributed by atoms with Crippen molar-refractivity contribution in [3.63, 3.8) is 0 Å². The second kappa shape index (κ2) is 5.32. The fourth-order valence-electron chi connectivity index (χ4n) is 2.93. The molecule has 1 aliphatic rings. The van der Waals surface area contributed by atoms with Crippen molar-refractivity contribution in [2.45, 2.75) is 59.4 Å². The molecule has 1 heterocycles. The SMILES string of the molecule is CC(C)C1CC(=O)c2c(C(C)(C)C)nn(CCO)c2C1. The largest absolute Gasteiger partial charge is 0.394 e.